The van der Waals surface area contributed by atoms with Gasteiger partial charge < -0.3 is 9.30 Å². The van der Waals surface area contributed by atoms with Gasteiger partial charge in [-0.1, -0.05) is 38.0 Å². The topological polar surface area (TPSA) is 72.7 Å². The number of carbonyl (C=O) groups excluding carboxylic acids is 2. The SMILES string of the molecule is CCOC(=O)Cn1cc(/C=N/NC(=O)C2C3CCCCC32C)c2ccccc21. The standard InChI is InChI=1S/C22H27N3O3/c1-3-28-19(26)14-25-13-15(16-8-4-5-10-18(16)25)12-23-24-21(27)20-17-9-6-7-11-22(17,20)2/h4-5,8,10,12-13,17,20H,3,6-7,9,11,14H2,1-2H3,(H,24,27)/b23-12+. The molecule has 2 fully saturated rings. The molecule has 1 heterocycles. The van der Waals surface area contributed by atoms with Gasteiger partial charge in [0.1, 0.15) is 6.54 Å². The van der Waals surface area contributed by atoms with E-state index in [1.54, 1.807) is 13.1 Å². The third kappa shape index (κ3) is 3.32. The van der Waals surface area contributed by atoms with Crippen LogP contribution in [0.25, 0.3) is 10.9 Å². The number of fused-ring (bicyclic) bond motifs is 2. The van der Waals surface area contributed by atoms with Gasteiger partial charge in [-0.25, -0.2) is 5.43 Å². The van der Waals surface area contributed by atoms with Gasteiger partial charge in [-0.05, 0) is 37.2 Å². The van der Waals surface area contributed by atoms with Crippen molar-refractivity contribution < 1.29 is 14.3 Å². The summed E-state index contributed by atoms with van der Waals surface area (Å²) in [6.07, 6.45) is 8.28. The third-order valence-corrected chi connectivity index (χ3v) is 6.42. The molecule has 1 amide bonds. The van der Waals surface area contributed by atoms with Gasteiger partial charge in [0.15, 0.2) is 0 Å². The molecule has 0 bridgehead atoms. The predicted octanol–water partition coefficient (Wildman–Crippen LogP) is 3.48. The highest BCUT2D eigenvalue weighted by Gasteiger charge is 2.64. The quantitative estimate of drug-likeness (QED) is 0.473. The third-order valence-electron chi connectivity index (χ3n) is 6.42. The Hall–Kier alpha value is -2.63. The van der Waals surface area contributed by atoms with E-state index >= 15 is 0 Å². The fourth-order valence-electron chi connectivity index (χ4n) is 4.94. The molecule has 3 atom stereocenters. The number of hydrazone groups is 1. The van der Waals surface area contributed by atoms with E-state index in [1.165, 1.54) is 12.8 Å². The lowest BCUT2D eigenvalue weighted by Gasteiger charge is -2.15. The van der Waals surface area contributed by atoms with Crippen molar-refractivity contribution in [3.63, 3.8) is 0 Å². The highest BCUT2D eigenvalue weighted by atomic mass is 16.5. The van der Waals surface area contributed by atoms with Crippen molar-refractivity contribution in [1.82, 2.24) is 9.99 Å². The zero-order valence-corrected chi connectivity index (χ0v) is 16.5. The monoisotopic (exact) mass is 381 g/mol. The van der Waals surface area contributed by atoms with E-state index in [2.05, 4.69) is 17.5 Å². The number of nitrogens with zero attached hydrogens (tertiary/aromatic N) is 2. The molecule has 6 nitrogen and oxygen atoms in total. The Morgan fingerprint density at radius 1 is 1.36 bits per heavy atom. The van der Waals surface area contributed by atoms with E-state index in [0.717, 1.165) is 29.3 Å². The Balaban J connectivity index is 1.47. The van der Waals surface area contributed by atoms with Crippen LogP contribution in [0.15, 0.2) is 35.6 Å². The summed E-state index contributed by atoms with van der Waals surface area (Å²) in [4.78, 5) is 24.4. The van der Waals surface area contributed by atoms with E-state index in [1.807, 2.05) is 35.0 Å². The minimum absolute atomic E-state index is 0.0286. The highest BCUT2D eigenvalue weighted by Crippen LogP contribution is 2.66. The molecule has 4 rings (SSSR count). The number of aromatic nitrogens is 1. The molecular formula is C22H27N3O3. The van der Waals surface area contributed by atoms with Crippen molar-refractivity contribution in [2.24, 2.45) is 22.4 Å². The highest BCUT2D eigenvalue weighted by molar-refractivity contribution is 6.00. The second-order valence-electron chi connectivity index (χ2n) is 8.10. The van der Waals surface area contributed by atoms with Crippen LogP contribution in [-0.4, -0.2) is 29.3 Å². The molecule has 148 valence electrons. The van der Waals surface area contributed by atoms with Crippen molar-refractivity contribution in [2.75, 3.05) is 6.61 Å². The summed E-state index contributed by atoms with van der Waals surface area (Å²) in [5, 5.41) is 5.20. The number of rotatable bonds is 6. The van der Waals surface area contributed by atoms with E-state index < -0.39 is 0 Å². The van der Waals surface area contributed by atoms with Crippen LogP contribution in [0.1, 0.15) is 45.1 Å². The first-order valence-corrected chi connectivity index (χ1v) is 10.1. The van der Waals surface area contributed by atoms with Crippen LogP contribution in [0.2, 0.25) is 0 Å². The van der Waals surface area contributed by atoms with E-state index in [0.29, 0.717) is 12.5 Å². The maximum Gasteiger partial charge on any atom is 0.325 e. The molecule has 1 N–H and O–H groups in total. The zero-order chi connectivity index (χ0) is 19.7. The number of carbonyl (C=O) groups is 2. The number of para-hydroxylation sites is 1. The van der Waals surface area contributed by atoms with Gasteiger partial charge in [-0.2, -0.15) is 5.10 Å². The number of hydrogen-bond donors (Lipinski definition) is 1. The van der Waals surface area contributed by atoms with Crippen LogP contribution >= 0.6 is 0 Å². The van der Waals surface area contributed by atoms with Crippen molar-refractivity contribution in [3.8, 4) is 0 Å². The Morgan fingerprint density at radius 3 is 2.93 bits per heavy atom. The summed E-state index contributed by atoms with van der Waals surface area (Å²) in [6.45, 7) is 4.53. The van der Waals surface area contributed by atoms with Crippen molar-refractivity contribution >= 4 is 29.0 Å². The van der Waals surface area contributed by atoms with Crippen molar-refractivity contribution in [3.05, 3.63) is 36.0 Å². The fraction of sp³-hybridized carbons (Fsp3) is 0.500. The van der Waals surface area contributed by atoms with Crippen LogP contribution in [-0.2, 0) is 20.9 Å². The Morgan fingerprint density at radius 2 is 2.18 bits per heavy atom. The average molecular weight is 381 g/mol. The predicted molar refractivity (Wildman–Crippen MR) is 108 cm³/mol. The normalized spacial score (nSPS) is 26.2. The van der Waals surface area contributed by atoms with Gasteiger partial charge >= 0.3 is 5.97 Å². The van der Waals surface area contributed by atoms with Crippen LogP contribution in [0.3, 0.4) is 0 Å². The molecule has 2 aliphatic rings. The van der Waals surface area contributed by atoms with Crippen molar-refractivity contribution in [1.29, 1.82) is 0 Å². The van der Waals surface area contributed by atoms with Gasteiger partial charge in [0, 0.05) is 28.6 Å². The number of nitrogens with one attached hydrogen (secondary N) is 1. The molecule has 0 saturated heterocycles. The maximum atomic E-state index is 12.6. The van der Waals surface area contributed by atoms with Crippen LogP contribution in [0, 0.1) is 17.3 Å². The van der Waals surface area contributed by atoms with Crippen LogP contribution in [0.5, 0.6) is 0 Å². The maximum absolute atomic E-state index is 12.6. The minimum atomic E-state index is -0.273. The first kappa shape index (κ1) is 18.7. The largest absolute Gasteiger partial charge is 0.465 e. The molecule has 1 aromatic heterocycles. The Labute approximate surface area is 164 Å². The molecule has 2 saturated carbocycles. The zero-order valence-electron chi connectivity index (χ0n) is 16.5. The summed E-state index contributed by atoms with van der Waals surface area (Å²) < 4.78 is 6.91. The Bertz CT molecular complexity index is 932. The first-order chi connectivity index (χ1) is 13.5. The summed E-state index contributed by atoms with van der Waals surface area (Å²) in [6, 6.07) is 7.82. The summed E-state index contributed by atoms with van der Waals surface area (Å²) in [7, 11) is 0. The molecule has 0 radical (unpaired) electrons. The smallest absolute Gasteiger partial charge is 0.325 e. The summed E-state index contributed by atoms with van der Waals surface area (Å²) in [5.41, 5.74) is 4.71. The summed E-state index contributed by atoms with van der Waals surface area (Å²) in [5.74, 6) is 0.366. The van der Waals surface area contributed by atoms with Gasteiger partial charge in [0.2, 0.25) is 5.91 Å². The van der Waals surface area contributed by atoms with Crippen LogP contribution < -0.4 is 5.43 Å². The molecule has 1 aromatic carbocycles. The second-order valence-corrected chi connectivity index (χ2v) is 8.10. The first-order valence-electron chi connectivity index (χ1n) is 10.1. The number of ether oxygens (including phenoxy) is 1. The molecule has 3 unspecified atom stereocenters. The van der Waals surface area contributed by atoms with Gasteiger partial charge in [0.25, 0.3) is 0 Å². The number of amides is 1. The lowest BCUT2D eigenvalue weighted by molar-refractivity contribution is -0.143. The van der Waals surface area contributed by atoms with Crippen molar-refractivity contribution in [2.45, 2.75) is 46.1 Å². The molecule has 2 aromatic rings. The van der Waals surface area contributed by atoms with E-state index in [-0.39, 0.29) is 29.8 Å². The van der Waals surface area contributed by atoms with Gasteiger partial charge in [-0.3, -0.25) is 9.59 Å². The molecule has 0 spiro atoms. The van der Waals surface area contributed by atoms with Gasteiger partial charge in [-0.15, -0.1) is 0 Å². The lowest BCUT2D eigenvalue weighted by atomic mass is 9.90. The molecule has 28 heavy (non-hydrogen) atoms. The molecule has 6 heteroatoms. The van der Waals surface area contributed by atoms with E-state index in [9.17, 15) is 9.59 Å². The number of esters is 1. The molecule has 0 aliphatic heterocycles. The lowest BCUT2D eigenvalue weighted by Crippen LogP contribution is -2.22. The fourth-order valence-corrected chi connectivity index (χ4v) is 4.94. The molecule has 2 aliphatic carbocycles. The van der Waals surface area contributed by atoms with Crippen LogP contribution in [0.4, 0.5) is 0 Å². The summed E-state index contributed by atoms with van der Waals surface area (Å²) >= 11 is 0. The van der Waals surface area contributed by atoms with Gasteiger partial charge in [0.05, 0.1) is 12.8 Å². The number of benzene rings is 1. The second kappa shape index (κ2) is 7.41. The van der Waals surface area contributed by atoms with E-state index in [4.69, 9.17) is 4.74 Å². The molecular weight excluding hydrogens is 354 g/mol. The number of hydrogen-bond acceptors (Lipinski definition) is 4. The average Bonchev–Trinajstić information content (AvgIpc) is 3.18. The minimum Gasteiger partial charge on any atom is -0.465 e. The Kier molecular flexibility index (Phi) is 4.96.